The third-order valence-electron chi connectivity index (χ3n) is 3.72. The van der Waals surface area contributed by atoms with Gasteiger partial charge in [0, 0.05) is 24.3 Å². The number of nitrogens with two attached hydrogens (primary N) is 1. The van der Waals surface area contributed by atoms with E-state index in [1.165, 1.54) is 6.42 Å². The van der Waals surface area contributed by atoms with Crippen LogP contribution in [0, 0.1) is 5.92 Å². The van der Waals surface area contributed by atoms with Gasteiger partial charge < -0.3 is 21.7 Å². The number of hydrogen-bond donors (Lipinski definition) is 5. The molecule has 0 aromatic carbocycles. The van der Waals surface area contributed by atoms with Crippen molar-refractivity contribution in [3.8, 4) is 0 Å². The molecule has 0 radical (unpaired) electrons. The zero-order valence-corrected chi connectivity index (χ0v) is 13.7. The Kier molecular flexibility index (Phi) is 8.91. The van der Waals surface area contributed by atoms with Gasteiger partial charge in [-0.3, -0.25) is 14.4 Å². The monoisotopic (exact) mass is 330 g/mol. The first-order valence-electron chi connectivity index (χ1n) is 7.71. The van der Waals surface area contributed by atoms with Crippen LogP contribution in [0.1, 0.15) is 32.1 Å². The lowest BCUT2D eigenvalue weighted by atomic mass is 9.89. The first kappa shape index (κ1) is 18.8. The minimum Gasteiger partial charge on any atom is -0.350 e. The molecule has 7 nitrogen and oxygen atoms in total. The van der Waals surface area contributed by atoms with Crippen LogP contribution in [0.3, 0.4) is 0 Å². The Balaban J connectivity index is 2.17. The maximum Gasteiger partial charge on any atom is 0.239 e. The Bertz CT molecular complexity index is 382. The van der Waals surface area contributed by atoms with E-state index in [1.807, 2.05) is 0 Å². The van der Waals surface area contributed by atoms with Crippen molar-refractivity contribution in [1.29, 1.82) is 0 Å². The molecule has 0 bridgehead atoms. The van der Waals surface area contributed by atoms with E-state index in [4.69, 9.17) is 5.73 Å². The number of thiol groups is 1. The summed E-state index contributed by atoms with van der Waals surface area (Å²) in [6, 6.07) is -0.210. The molecule has 3 amide bonds. The molecule has 1 atom stereocenters. The molecule has 0 aliphatic heterocycles. The quantitative estimate of drug-likeness (QED) is 0.374. The highest BCUT2D eigenvalue weighted by atomic mass is 32.1. The van der Waals surface area contributed by atoms with Gasteiger partial charge in [0.05, 0.1) is 13.1 Å². The average molecular weight is 330 g/mol. The first-order valence-corrected chi connectivity index (χ1v) is 8.34. The molecule has 1 rings (SSSR count). The molecule has 1 aliphatic carbocycles. The number of carbonyl (C=O) groups is 3. The average Bonchev–Trinajstić information content (AvgIpc) is 2.56. The lowest BCUT2D eigenvalue weighted by Gasteiger charge is -2.20. The SMILES string of the molecule is NCC(CS)NC(=O)CNC(=O)CNC(=O)C1CCCCC1. The molecule has 1 saturated carbocycles. The van der Waals surface area contributed by atoms with E-state index in [9.17, 15) is 14.4 Å². The second-order valence-corrected chi connectivity index (χ2v) is 5.88. The molecular weight excluding hydrogens is 304 g/mol. The standard InChI is InChI=1S/C14H26N4O3S/c15-6-11(9-22)18-13(20)8-16-12(19)7-17-14(21)10-4-2-1-3-5-10/h10-11,22H,1-9,15H2,(H,16,19)(H,17,21)(H,18,20). The summed E-state index contributed by atoms with van der Waals surface area (Å²) in [5.74, 6) is -0.317. The largest absolute Gasteiger partial charge is 0.350 e. The maximum atomic E-state index is 11.9. The fourth-order valence-corrected chi connectivity index (χ4v) is 2.62. The van der Waals surface area contributed by atoms with Gasteiger partial charge in [-0.25, -0.2) is 0 Å². The molecule has 0 spiro atoms. The normalized spacial score (nSPS) is 16.6. The fraction of sp³-hybridized carbons (Fsp3) is 0.786. The van der Waals surface area contributed by atoms with E-state index in [2.05, 4.69) is 28.6 Å². The highest BCUT2D eigenvalue weighted by Gasteiger charge is 2.21. The van der Waals surface area contributed by atoms with Crippen LogP contribution in [0.4, 0.5) is 0 Å². The smallest absolute Gasteiger partial charge is 0.239 e. The summed E-state index contributed by atoms with van der Waals surface area (Å²) in [6.45, 7) is 0.0541. The third-order valence-corrected chi connectivity index (χ3v) is 4.16. The van der Waals surface area contributed by atoms with E-state index >= 15 is 0 Å². The van der Waals surface area contributed by atoms with Gasteiger partial charge in [-0.05, 0) is 12.8 Å². The van der Waals surface area contributed by atoms with Crippen molar-refractivity contribution in [1.82, 2.24) is 16.0 Å². The highest BCUT2D eigenvalue weighted by molar-refractivity contribution is 7.80. The molecule has 0 aromatic heterocycles. The third kappa shape index (κ3) is 7.13. The van der Waals surface area contributed by atoms with Crippen LogP contribution >= 0.6 is 12.6 Å². The molecule has 1 fully saturated rings. The molecule has 1 aliphatic rings. The van der Waals surface area contributed by atoms with E-state index in [-0.39, 0.29) is 42.8 Å². The van der Waals surface area contributed by atoms with Crippen molar-refractivity contribution in [2.24, 2.45) is 11.7 Å². The molecular formula is C14H26N4O3S. The predicted molar refractivity (Wildman–Crippen MR) is 87.4 cm³/mol. The first-order chi connectivity index (χ1) is 10.6. The van der Waals surface area contributed by atoms with Crippen LogP contribution in [0.15, 0.2) is 0 Å². The van der Waals surface area contributed by atoms with Crippen LogP contribution < -0.4 is 21.7 Å². The Morgan fingerprint density at radius 1 is 1.05 bits per heavy atom. The molecule has 0 saturated heterocycles. The van der Waals surface area contributed by atoms with Crippen LogP contribution in [0.2, 0.25) is 0 Å². The van der Waals surface area contributed by atoms with Gasteiger partial charge in [0.15, 0.2) is 0 Å². The highest BCUT2D eigenvalue weighted by Crippen LogP contribution is 2.23. The zero-order chi connectivity index (χ0) is 16.4. The minimum absolute atomic E-state index is 0.0190. The Morgan fingerprint density at radius 3 is 2.27 bits per heavy atom. The molecule has 5 N–H and O–H groups in total. The molecule has 22 heavy (non-hydrogen) atoms. The van der Waals surface area contributed by atoms with Gasteiger partial charge in [0.25, 0.3) is 0 Å². The molecule has 8 heteroatoms. The van der Waals surface area contributed by atoms with Gasteiger partial charge in [0.2, 0.25) is 17.7 Å². The predicted octanol–water partition coefficient (Wildman–Crippen LogP) is -0.828. The van der Waals surface area contributed by atoms with E-state index in [0.717, 1.165) is 25.7 Å². The Hall–Kier alpha value is -1.28. The number of carbonyl (C=O) groups excluding carboxylic acids is 3. The summed E-state index contributed by atoms with van der Waals surface area (Å²) < 4.78 is 0. The van der Waals surface area contributed by atoms with E-state index in [0.29, 0.717) is 12.3 Å². The summed E-state index contributed by atoms with van der Waals surface area (Å²) in [4.78, 5) is 35.0. The lowest BCUT2D eigenvalue weighted by Crippen LogP contribution is -2.47. The molecule has 0 aromatic rings. The minimum atomic E-state index is -0.380. The Morgan fingerprint density at radius 2 is 1.68 bits per heavy atom. The fourth-order valence-electron chi connectivity index (χ4n) is 2.38. The number of hydrogen-bond acceptors (Lipinski definition) is 5. The topological polar surface area (TPSA) is 113 Å². The van der Waals surface area contributed by atoms with Gasteiger partial charge in [-0.15, -0.1) is 0 Å². The zero-order valence-electron chi connectivity index (χ0n) is 12.8. The van der Waals surface area contributed by atoms with Crippen LogP contribution in [0.5, 0.6) is 0 Å². The second kappa shape index (κ2) is 10.4. The van der Waals surface area contributed by atoms with Crippen LogP contribution in [-0.2, 0) is 14.4 Å². The van der Waals surface area contributed by atoms with Crippen molar-refractivity contribution in [3.05, 3.63) is 0 Å². The van der Waals surface area contributed by atoms with Crippen molar-refractivity contribution < 1.29 is 14.4 Å². The van der Waals surface area contributed by atoms with Gasteiger partial charge >= 0.3 is 0 Å². The van der Waals surface area contributed by atoms with Crippen molar-refractivity contribution in [2.75, 3.05) is 25.4 Å². The van der Waals surface area contributed by atoms with Crippen molar-refractivity contribution in [3.63, 3.8) is 0 Å². The Labute approximate surface area is 136 Å². The van der Waals surface area contributed by atoms with E-state index < -0.39 is 0 Å². The van der Waals surface area contributed by atoms with Gasteiger partial charge in [-0.1, -0.05) is 19.3 Å². The van der Waals surface area contributed by atoms with Crippen molar-refractivity contribution in [2.45, 2.75) is 38.1 Å². The van der Waals surface area contributed by atoms with Crippen LogP contribution in [-0.4, -0.2) is 49.2 Å². The number of nitrogens with one attached hydrogen (secondary N) is 3. The van der Waals surface area contributed by atoms with Gasteiger partial charge in [0.1, 0.15) is 0 Å². The summed E-state index contributed by atoms with van der Waals surface area (Å²) in [5, 5.41) is 7.73. The van der Waals surface area contributed by atoms with Crippen LogP contribution in [0.25, 0.3) is 0 Å². The van der Waals surface area contributed by atoms with Crippen molar-refractivity contribution >= 4 is 30.4 Å². The molecule has 1 unspecified atom stereocenters. The molecule has 126 valence electrons. The molecule has 0 heterocycles. The summed E-state index contributed by atoms with van der Waals surface area (Å²) >= 11 is 4.06. The second-order valence-electron chi connectivity index (χ2n) is 5.51. The van der Waals surface area contributed by atoms with E-state index in [1.54, 1.807) is 0 Å². The summed E-state index contributed by atoms with van der Waals surface area (Å²) in [7, 11) is 0. The number of amides is 3. The number of rotatable bonds is 8. The van der Waals surface area contributed by atoms with Gasteiger partial charge in [-0.2, -0.15) is 12.6 Å². The lowest BCUT2D eigenvalue weighted by molar-refractivity contribution is -0.129. The summed E-state index contributed by atoms with van der Waals surface area (Å²) in [5.41, 5.74) is 5.44. The summed E-state index contributed by atoms with van der Waals surface area (Å²) in [6.07, 6.45) is 5.09. The maximum absolute atomic E-state index is 11.9.